The Morgan fingerprint density at radius 1 is 1.12 bits per heavy atom. The Morgan fingerprint density at radius 2 is 1.69 bits per heavy atom. The van der Waals surface area contributed by atoms with Crippen LogP contribution in [0.5, 0.6) is 0 Å². The molecule has 1 rings (SSSR count). The van der Waals surface area contributed by atoms with Gasteiger partial charge in [0.1, 0.15) is 0 Å². The van der Waals surface area contributed by atoms with E-state index in [1.54, 1.807) is 0 Å². The van der Waals surface area contributed by atoms with Crippen molar-refractivity contribution < 1.29 is 0 Å². The van der Waals surface area contributed by atoms with Crippen LogP contribution in [0.4, 0.5) is 0 Å². The van der Waals surface area contributed by atoms with Gasteiger partial charge in [0.25, 0.3) is 0 Å². The standard InChI is InChI=1S/C14H30N2/c1-12(2,3)9-13(4,5)16-11-14(10-15)7-6-8-14/h16H,6-11,15H2,1-5H3. The van der Waals surface area contributed by atoms with Crippen molar-refractivity contribution in [2.75, 3.05) is 13.1 Å². The highest BCUT2D eigenvalue weighted by Crippen LogP contribution is 2.40. The van der Waals surface area contributed by atoms with E-state index >= 15 is 0 Å². The fraction of sp³-hybridized carbons (Fsp3) is 1.00. The minimum Gasteiger partial charge on any atom is -0.330 e. The first kappa shape index (κ1) is 14.0. The first-order valence-corrected chi connectivity index (χ1v) is 6.63. The van der Waals surface area contributed by atoms with Gasteiger partial charge in [0, 0.05) is 12.1 Å². The molecular weight excluding hydrogens is 196 g/mol. The highest BCUT2D eigenvalue weighted by atomic mass is 15.0. The molecule has 0 atom stereocenters. The van der Waals surface area contributed by atoms with Crippen LogP contribution in [0.3, 0.4) is 0 Å². The predicted octanol–water partition coefficient (Wildman–Crippen LogP) is 2.92. The van der Waals surface area contributed by atoms with Gasteiger partial charge in [0.2, 0.25) is 0 Å². The number of hydrogen-bond acceptors (Lipinski definition) is 2. The van der Waals surface area contributed by atoms with Gasteiger partial charge >= 0.3 is 0 Å². The minimum atomic E-state index is 0.218. The van der Waals surface area contributed by atoms with Crippen LogP contribution in [0, 0.1) is 10.8 Å². The fourth-order valence-corrected chi connectivity index (χ4v) is 2.94. The highest BCUT2D eigenvalue weighted by Gasteiger charge is 2.37. The lowest BCUT2D eigenvalue weighted by molar-refractivity contribution is 0.116. The molecule has 1 saturated carbocycles. The maximum atomic E-state index is 5.89. The third-order valence-electron chi connectivity index (χ3n) is 3.76. The average Bonchev–Trinajstić information content (AvgIpc) is 1.98. The molecule has 0 unspecified atom stereocenters. The molecule has 0 amide bonds. The summed E-state index contributed by atoms with van der Waals surface area (Å²) in [6.07, 6.45) is 5.17. The van der Waals surface area contributed by atoms with Crippen LogP contribution < -0.4 is 11.1 Å². The van der Waals surface area contributed by atoms with Gasteiger partial charge in [-0.05, 0) is 50.5 Å². The molecule has 0 aromatic carbocycles. The van der Waals surface area contributed by atoms with Crippen LogP contribution in [-0.2, 0) is 0 Å². The van der Waals surface area contributed by atoms with Crippen LogP contribution in [0.1, 0.15) is 60.3 Å². The van der Waals surface area contributed by atoms with E-state index in [2.05, 4.69) is 39.9 Å². The van der Waals surface area contributed by atoms with Crippen molar-refractivity contribution in [2.24, 2.45) is 16.6 Å². The molecule has 96 valence electrons. The molecule has 0 bridgehead atoms. The van der Waals surface area contributed by atoms with Crippen LogP contribution in [0.2, 0.25) is 0 Å². The van der Waals surface area contributed by atoms with Gasteiger partial charge in [-0.25, -0.2) is 0 Å². The lowest BCUT2D eigenvalue weighted by Crippen LogP contribution is -2.52. The second kappa shape index (κ2) is 4.66. The molecule has 0 radical (unpaired) electrons. The molecule has 0 heterocycles. The Kier molecular flexibility index (Phi) is 4.07. The van der Waals surface area contributed by atoms with E-state index in [1.165, 1.54) is 25.7 Å². The van der Waals surface area contributed by atoms with Crippen LogP contribution in [0.15, 0.2) is 0 Å². The molecule has 2 nitrogen and oxygen atoms in total. The van der Waals surface area contributed by atoms with Crippen molar-refractivity contribution in [1.29, 1.82) is 0 Å². The third-order valence-corrected chi connectivity index (χ3v) is 3.76. The SMILES string of the molecule is CC(C)(C)CC(C)(C)NCC1(CN)CCC1. The molecular formula is C14H30N2. The number of hydrogen-bond donors (Lipinski definition) is 2. The van der Waals surface area contributed by atoms with Crippen molar-refractivity contribution in [3.63, 3.8) is 0 Å². The van der Waals surface area contributed by atoms with Crippen molar-refractivity contribution >= 4 is 0 Å². The second-order valence-corrected chi connectivity index (χ2v) is 7.53. The van der Waals surface area contributed by atoms with Crippen molar-refractivity contribution in [2.45, 2.75) is 65.8 Å². The Bertz CT molecular complexity index is 216. The van der Waals surface area contributed by atoms with Gasteiger partial charge in [0.05, 0.1) is 0 Å². The highest BCUT2D eigenvalue weighted by molar-refractivity contribution is 4.93. The topological polar surface area (TPSA) is 38.0 Å². The zero-order valence-corrected chi connectivity index (χ0v) is 11.8. The first-order valence-electron chi connectivity index (χ1n) is 6.63. The summed E-state index contributed by atoms with van der Waals surface area (Å²) in [6, 6.07) is 0. The largest absolute Gasteiger partial charge is 0.330 e. The Labute approximate surface area is 101 Å². The van der Waals surface area contributed by atoms with E-state index < -0.39 is 0 Å². The summed E-state index contributed by atoms with van der Waals surface area (Å²) in [6.45, 7) is 13.5. The molecule has 2 heteroatoms. The third kappa shape index (κ3) is 4.06. The van der Waals surface area contributed by atoms with Crippen molar-refractivity contribution in [1.82, 2.24) is 5.32 Å². The molecule has 0 aliphatic heterocycles. The summed E-state index contributed by atoms with van der Waals surface area (Å²) >= 11 is 0. The molecule has 16 heavy (non-hydrogen) atoms. The first-order chi connectivity index (χ1) is 7.18. The molecule has 0 saturated heterocycles. The molecule has 1 fully saturated rings. The quantitative estimate of drug-likeness (QED) is 0.756. The van der Waals surface area contributed by atoms with Crippen molar-refractivity contribution in [3.05, 3.63) is 0 Å². The fourth-order valence-electron chi connectivity index (χ4n) is 2.94. The number of rotatable bonds is 5. The Hall–Kier alpha value is -0.0800. The van der Waals surface area contributed by atoms with Gasteiger partial charge < -0.3 is 11.1 Å². The van der Waals surface area contributed by atoms with Gasteiger partial charge in [-0.3, -0.25) is 0 Å². The van der Waals surface area contributed by atoms with Crippen LogP contribution in [0.25, 0.3) is 0 Å². The smallest absolute Gasteiger partial charge is 0.0130 e. The normalized spacial score (nSPS) is 20.6. The van der Waals surface area contributed by atoms with Gasteiger partial charge in [0.15, 0.2) is 0 Å². The van der Waals surface area contributed by atoms with Crippen LogP contribution in [-0.4, -0.2) is 18.6 Å². The molecule has 1 aliphatic rings. The zero-order valence-electron chi connectivity index (χ0n) is 11.8. The Morgan fingerprint density at radius 3 is 2.00 bits per heavy atom. The summed E-state index contributed by atoms with van der Waals surface area (Å²) in [5, 5.41) is 3.73. The minimum absolute atomic E-state index is 0.218. The van der Waals surface area contributed by atoms with E-state index in [0.717, 1.165) is 13.1 Å². The van der Waals surface area contributed by atoms with Gasteiger partial charge in [-0.1, -0.05) is 27.2 Å². The maximum Gasteiger partial charge on any atom is 0.0130 e. The molecule has 0 aromatic heterocycles. The van der Waals surface area contributed by atoms with E-state index in [-0.39, 0.29) is 5.54 Å². The molecule has 0 aromatic rings. The summed E-state index contributed by atoms with van der Waals surface area (Å²) in [7, 11) is 0. The monoisotopic (exact) mass is 226 g/mol. The van der Waals surface area contributed by atoms with E-state index in [9.17, 15) is 0 Å². The van der Waals surface area contributed by atoms with Crippen molar-refractivity contribution in [3.8, 4) is 0 Å². The van der Waals surface area contributed by atoms with E-state index in [0.29, 0.717) is 10.8 Å². The summed E-state index contributed by atoms with van der Waals surface area (Å²) in [4.78, 5) is 0. The van der Waals surface area contributed by atoms with E-state index in [1.807, 2.05) is 0 Å². The molecule has 0 spiro atoms. The summed E-state index contributed by atoms with van der Waals surface area (Å²) in [5.74, 6) is 0. The van der Waals surface area contributed by atoms with E-state index in [4.69, 9.17) is 5.73 Å². The predicted molar refractivity (Wildman–Crippen MR) is 71.5 cm³/mol. The van der Waals surface area contributed by atoms with Crippen LogP contribution >= 0.6 is 0 Å². The summed E-state index contributed by atoms with van der Waals surface area (Å²) in [5.41, 5.74) is 6.90. The number of nitrogens with two attached hydrogens (primary N) is 1. The van der Waals surface area contributed by atoms with Gasteiger partial charge in [-0.2, -0.15) is 0 Å². The zero-order chi connectivity index (χ0) is 12.4. The second-order valence-electron chi connectivity index (χ2n) is 7.53. The molecule has 3 N–H and O–H groups in total. The number of nitrogens with one attached hydrogen (secondary N) is 1. The maximum absolute atomic E-state index is 5.89. The Balaban J connectivity index is 2.41. The average molecular weight is 226 g/mol. The molecule has 1 aliphatic carbocycles. The lowest BCUT2D eigenvalue weighted by atomic mass is 9.68. The lowest BCUT2D eigenvalue weighted by Gasteiger charge is -2.44. The summed E-state index contributed by atoms with van der Waals surface area (Å²) < 4.78 is 0. The van der Waals surface area contributed by atoms with Gasteiger partial charge in [-0.15, -0.1) is 0 Å².